The Morgan fingerprint density at radius 3 is 2.65 bits per heavy atom. The van der Waals surface area contributed by atoms with Crippen LogP contribution < -0.4 is 15.4 Å². The van der Waals surface area contributed by atoms with Crippen LogP contribution in [0.4, 0.5) is 0 Å². The Bertz CT molecular complexity index is 921. The molecule has 2 saturated heterocycles. The van der Waals surface area contributed by atoms with Crippen LogP contribution in [0.2, 0.25) is 5.02 Å². The van der Waals surface area contributed by atoms with Crippen LogP contribution >= 0.6 is 11.6 Å². The molecule has 0 unspecified atom stereocenters. The van der Waals surface area contributed by atoms with E-state index >= 15 is 0 Å². The number of methoxy groups -OCH3 is 1. The van der Waals surface area contributed by atoms with Gasteiger partial charge in [0.2, 0.25) is 5.91 Å². The monoisotopic (exact) mass is 486 g/mol. The average Bonchev–Trinajstić information content (AvgIpc) is 3.28. The van der Waals surface area contributed by atoms with Gasteiger partial charge in [-0.1, -0.05) is 41.9 Å². The smallest absolute Gasteiger partial charge is 0.237 e. The molecule has 2 atom stereocenters. The molecule has 2 N–H and O–H groups in total. The van der Waals surface area contributed by atoms with Gasteiger partial charge in [0.15, 0.2) is 0 Å². The number of carbonyl (C=O) groups is 1. The Morgan fingerprint density at radius 2 is 1.91 bits per heavy atom. The molecule has 4 rings (SSSR count). The summed E-state index contributed by atoms with van der Waals surface area (Å²) in [5.41, 5.74) is 2.24. The standard InChI is InChI=1S/C26H35ClN4O3/c1-33-23-8-6-20(7-9-23)17-29-22-16-25(26(32)28-10-11-30-12-14-34-15-13-30)31(19-22)18-21-4-2-3-5-24(21)27/h2-9,22,25,29H,10-19H2,1H3,(H,28,32)/t22-,25-/m0/s1. The molecule has 0 aromatic heterocycles. The number of amides is 1. The van der Waals surface area contributed by atoms with Crippen molar-refractivity contribution >= 4 is 17.5 Å². The Kier molecular flexibility index (Phi) is 9.18. The quantitative estimate of drug-likeness (QED) is 0.538. The van der Waals surface area contributed by atoms with Crippen LogP contribution in [0.15, 0.2) is 48.5 Å². The van der Waals surface area contributed by atoms with E-state index in [9.17, 15) is 4.79 Å². The summed E-state index contributed by atoms with van der Waals surface area (Å²) in [6, 6.07) is 16.0. The van der Waals surface area contributed by atoms with Crippen molar-refractivity contribution in [1.29, 1.82) is 0 Å². The molecule has 0 aliphatic carbocycles. The van der Waals surface area contributed by atoms with Gasteiger partial charge in [-0.25, -0.2) is 0 Å². The highest BCUT2D eigenvalue weighted by atomic mass is 35.5. The summed E-state index contributed by atoms with van der Waals surface area (Å²) >= 11 is 6.43. The molecule has 184 valence electrons. The van der Waals surface area contributed by atoms with Crippen molar-refractivity contribution in [3.63, 3.8) is 0 Å². The minimum atomic E-state index is -0.186. The highest BCUT2D eigenvalue weighted by molar-refractivity contribution is 6.31. The number of benzene rings is 2. The van der Waals surface area contributed by atoms with E-state index in [0.29, 0.717) is 13.1 Å². The lowest BCUT2D eigenvalue weighted by molar-refractivity contribution is -0.125. The molecule has 8 heteroatoms. The van der Waals surface area contributed by atoms with Gasteiger partial charge in [0.1, 0.15) is 5.75 Å². The van der Waals surface area contributed by atoms with Crippen LogP contribution in [0.3, 0.4) is 0 Å². The Balaban J connectivity index is 1.35. The molecule has 0 spiro atoms. The number of halogens is 1. The number of hydrogen-bond acceptors (Lipinski definition) is 6. The van der Waals surface area contributed by atoms with E-state index in [-0.39, 0.29) is 18.0 Å². The van der Waals surface area contributed by atoms with Gasteiger partial charge in [-0.3, -0.25) is 14.6 Å². The summed E-state index contributed by atoms with van der Waals surface area (Å²) < 4.78 is 10.7. The fourth-order valence-electron chi connectivity index (χ4n) is 4.63. The van der Waals surface area contributed by atoms with Crippen molar-refractivity contribution in [3.8, 4) is 5.75 Å². The largest absolute Gasteiger partial charge is 0.497 e. The molecule has 0 bridgehead atoms. The van der Waals surface area contributed by atoms with Gasteiger partial charge in [-0.2, -0.15) is 0 Å². The maximum atomic E-state index is 13.2. The van der Waals surface area contributed by atoms with Crippen LogP contribution in [0.25, 0.3) is 0 Å². The lowest BCUT2D eigenvalue weighted by Gasteiger charge is -2.27. The maximum absolute atomic E-state index is 13.2. The Hall–Kier alpha value is -2.16. The minimum absolute atomic E-state index is 0.0917. The molecular formula is C26H35ClN4O3. The molecule has 2 fully saturated rings. The lowest BCUT2D eigenvalue weighted by atomic mass is 10.1. The van der Waals surface area contributed by atoms with Gasteiger partial charge >= 0.3 is 0 Å². The lowest BCUT2D eigenvalue weighted by Crippen LogP contribution is -2.46. The van der Waals surface area contributed by atoms with Crippen molar-refractivity contribution in [2.45, 2.75) is 31.6 Å². The zero-order valence-corrected chi connectivity index (χ0v) is 20.6. The maximum Gasteiger partial charge on any atom is 0.237 e. The van der Waals surface area contributed by atoms with Crippen molar-refractivity contribution in [3.05, 3.63) is 64.7 Å². The van der Waals surface area contributed by atoms with Gasteiger partial charge in [0.25, 0.3) is 0 Å². The molecule has 2 aliphatic rings. The fraction of sp³-hybridized carbons (Fsp3) is 0.500. The molecule has 34 heavy (non-hydrogen) atoms. The van der Waals surface area contributed by atoms with E-state index in [0.717, 1.165) is 68.7 Å². The van der Waals surface area contributed by atoms with E-state index in [1.54, 1.807) is 7.11 Å². The van der Waals surface area contributed by atoms with Gasteiger partial charge in [-0.05, 0) is 35.7 Å². The zero-order chi connectivity index (χ0) is 23.8. The summed E-state index contributed by atoms with van der Waals surface area (Å²) in [6.45, 7) is 7.09. The van der Waals surface area contributed by atoms with E-state index < -0.39 is 0 Å². The van der Waals surface area contributed by atoms with Crippen LogP contribution in [0, 0.1) is 0 Å². The fourth-order valence-corrected chi connectivity index (χ4v) is 4.83. The second kappa shape index (κ2) is 12.5. The molecule has 2 aromatic rings. The molecule has 1 amide bonds. The number of ether oxygens (including phenoxy) is 2. The van der Waals surface area contributed by atoms with Crippen LogP contribution in [0.5, 0.6) is 5.75 Å². The zero-order valence-electron chi connectivity index (χ0n) is 19.8. The molecule has 2 aliphatic heterocycles. The first-order valence-corrected chi connectivity index (χ1v) is 12.4. The number of hydrogen-bond donors (Lipinski definition) is 2. The first-order chi connectivity index (χ1) is 16.6. The van der Waals surface area contributed by atoms with E-state index in [4.69, 9.17) is 21.1 Å². The molecule has 2 heterocycles. The third-order valence-corrected chi connectivity index (χ3v) is 6.99. The van der Waals surface area contributed by atoms with E-state index in [2.05, 4.69) is 32.6 Å². The molecule has 7 nitrogen and oxygen atoms in total. The molecule has 2 aromatic carbocycles. The third kappa shape index (κ3) is 6.93. The number of rotatable bonds is 10. The minimum Gasteiger partial charge on any atom is -0.497 e. The SMILES string of the molecule is COc1ccc(CN[C@H]2C[C@@H](C(=O)NCCN3CCOCC3)N(Cc3ccccc3Cl)C2)cc1. The number of nitrogens with zero attached hydrogens (tertiary/aromatic N) is 2. The summed E-state index contributed by atoms with van der Waals surface area (Å²) in [6.07, 6.45) is 0.768. The molecule has 0 radical (unpaired) electrons. The number of carbonyl (C=O) groups excluding carboxylic acids is 1. The van der Waals surface area contributed by atoms with Gasteiger partial charge in [0.05, 0.1) is 26.4 Å². The Labute approximate surface area is 207 Å². The average molecular weight is 487 g/mol. The number of likely N-dealkylation sites (tertiary alicyclic amines) is 1. The third-order valence-electron chi connectivity index (χ3n) is 6.62. The number of nitrogens with one attached hydrogen (secondary N) is 2. The molecular weight excluding hydrogens is 452 g/mol. The first kappa shape index (κ1) is 24.9. The summed E-state index contributed by atoms with van der Waals surface area (Å²) in [4.78, 5) is 17.8. The number of morpholine rings is 1. The predicted octanol–water partition coefficient (Wildman–Crippen LogP) is 2.53. The van der Waals surface area contributed by atoms with Crippen LogP contribution in [-0.2, 0) is 22.6 Å². The predicted molar refractivity (Wildman–Crippen MR) is 134 cm³/mol. The van der Waals surface area contributed by atoms with Gasteiger partial charge in [-0.15, -0.1) is 0 Å². The normalized spacial score (nSPS) is 21.5. The Morgan fingerprint density at radius 1 is 1.15 bits per heavy atom. The van der Waals surface area contributed by atoms with Crippen molar-refractivity contribution in [2.24, 2.45) is 0 Å². The first-order valence-electron chi connectivity index (χ1n) is 12.0. The second-order valence-electron chi connectivity index (χ2n) is 8.94. The second-order valence-corrected chi connectivity index (χ2v) is 9.35. The molecule has 0 saturated carbocycles. The summed E-state index contributed by atoms with van der Waals surface area (Å²) in [7, 11) is 1.67. The van der Waals surface area contributed by atoms with Crippen molar-refractivity contribution in [1.82, 2.24) is 20.4 Å². The van der Waals surface area contributed by atoms with Crippen molar-refractivity contribution < 1.29 is 14.3 Å². The van der Waals surface area contributed by atoms with Crippen LogP contribution in [0.1, 0.15) is 17.5 Å². The van der Waals surface area contributed by atoms with Crippen LogP contribution in [-0.4, -0.2) is 80.8 Å². The highest BCUT2D eigenvalue weighted by Crippen LogP contribution is 2.25. The van der Waals surface area contributed by atoms with Gasteiger partial charge < -0.3 is 20.1 Å². The summed E-state index contributed by atoms with van der Waals surface area (Å²) in [5.74, 6) is 0.943. The van der Waals surface area contributed by atoms with Crippen molar-refractivity contribution in [2.75, 3.05) is 53.0 Å². The van der Waals surface area contributed by atoms with E-state index in [1.807, 2.05) is 36.4 Å². The summed E-state index contributed by atoms with van der Waals surface area (Å²) in [5, 5.41) is 7.55. The highest BCUT2D eigenvalue weighted by Gasteiger charge is 2.36. The van der Waals surface area contributed by atoms with E-state index in [1.165, 1.54) is 5.56 Å². The van der Waals surface area contributed by atoms with Gasteiger partial charge in [0, 0.05) is 56.9 Å². The topological polar surface area (TPSA) is 66.1 Å².